The summed E-state index contributed by atoms with van der Waals surface area (Å²) in [4.78, 5) is 23.7. The number of imide groups is 1. The molecule has 3 rings (SSSR count). The van der Waals surface area contributed by atoms with Crippen molar-refractivity contribution in [2.24, 2.45) is 0 Å². The van der Waals surface area contributed by atoms with Crippen molar-refractivity contribution >= 4 is 23.5 Å². The van der Waals surface area contributed by atoms with Gasteiger partial charge in [-0.1, -0.05) is 23.7 Å². The number of carbonyl (C=O) groups is 2. The highest BCUT2D eigenvalue weighted by molar-refractivity contribution is 6.30. The minimum Gasteiger partial charge on any atom is -0.486 e. The van der Waals surface area contributed by atoms with Crippen molar-refractivity contribution in [2.45, 2.75) is 6.10 Å². The van der Waals surface area contributed by atoms with E-state index in [1.54, 1.807) is 30.3 Å². The van der Waals surface area contributed by atoms with Gasteiger partial charge in [-0.3, -0.25) is 10.1 Å². The van der Waals surface area contributed by atoms with Crippen LogP contribution in [0.2, 0.25) is 5.02 Å². The zero-order chi connectivity index (χ0) is 16.9. The second-order valence-electron chi connectivity index (χ2n) is 5.17. The molecule has 0 saturated carbocycles. The Labute approximate surface area is 143 Å². The molecule has 7 heteroatoms. The fraction of sp³-hybridized carbons (Fsp3) is 0.176. The van der Waals surface area contributed by atoms with Crippen LogP contribution in [0, 0.1) is 0 Å². The first-order valence-electron chi connectivity index (χ1n) is 7.35. The third-order valence-electron chi connectivity index (χ3n) is 3.39. The molecule has 0 bridgehead atoms. The molecule has 0 aliphatic carbocycles. The summed E-state index contributed by atoms with van der Waals surface area (Å²) in [6.45, 7) is 0.538. The Balaban J connectivity index is 1.48. The fourth-order valence-corrected chi connectivity index (χ4v) is 2.32. The van der Waals surface area contributed by atoms with Crippen LogP contribution in [0.3, 0.4) is 0 Å². The van der Waals surface area contributed by atoms with Crippen molar-refractivity contribution in [3.05, 3.63) is 59.1 Å². The summed E-state index contributed by atoms with van der Waals surface area (Å²) in [5.41, 5.74) is 0.348. The number of amides is 3. The second kappa shape index (κ2) is 7.23. The number of hydrogen-bond donors (Lipinski definition) is 2. The van der Waals surface area contributed by atoms with Gasteiger partial charge in [-0.2, -0.15) is 0 Å². The van der Waals surface area contributed by atoms with Gasteiger partial charge in [-0.05, 0) is 36.4 Å². The third kappa shape index (κ3) is 3.97. The van der Waals surface area contributed by atoms with Crippen molar-refractivity contribution < 1.29 is 19.1 Å². The maximum absolute atomic E-state index is 11.9. The molecule has 6 nitrogen and oxygen atoms in total. The molecule has 124 valence electrons. The van der Waals surface area contributed by atoms with E-state index in [-0.39, 0.29) is 12.6 Å². The van der Waals surface area contributed by atoms with E-state index in [0.29, 0.717) is 28.7 Å². The van der Waals surface area contributed by atoms with Crippen molar-refractivity contribution in [3.63, 3.8) is 0 Å². The molecule has 1 aliphatic rings. The molecule has 0 spiro atoms. The number of hydrogen-bond acceptors (Lipinski definition) is 4. The lowest BCUT2D eigenvalue weighted by Gasteiger charge is -2.26. The zero-order valence-corrected chi connectivity index (χ0v) is 13.4. The van der Waals surface area contributed by atoms with Crippen LogP contribution in [0.25, 0.3) is 0 Å². The maximum atomic E-state index is 11.9. The highest BCUT2D eigenvalue weighted by atomic mass is 35.5. The highest BCUT2D eigenvalue weighted by Gasteiger charge is 2.21. The fourth-order valence-electron chi connectivity index (χ4n) is 2.19. The molecule has 2 aromatic rings. The number of nitrogens with one attached hydrogen (secondary N) is 2. The first-order chi connectivity index (χ1) is 11.6. The van der Waals surface area contributed by atoms with E-state index >= 15 is 0 Å². The highest BCUT2D eigenvalue weighted by Crippen LogP contribution is 2.30. The molecular formula is C17H15ClN2O4. The third-order valence-corrected chi connectivity index (χ3v) is 3.64. The average molecular weight is 347 g/mol. The van der Waals surface area contributed by atoms with E-state index in [2.05, 4.69) is 10.6 Å². The summed E-state index contributed by atoms with van der Waals surface area (Å²) >= 11 is 5.76. The van der Waals surface area contributed by atoms with Crippen LogP contribution >= 0.6 is 11.6 Å². The number of para-hydroxylation sites is 2. The molecule has 1 aliphatic heterocycles. The molecule has 1 heterocycles. The van der Waals surface area contributed by atoms with E-state index in [0.717, 1.165) is 0 Å². The number of fused-ring (bicyclic) bond motifs is 1. The molecule has 3 amide bonds. The second-order valence-corrected chi connectivity index (χ2v) is 5.61. The molecule has 2 N–H and O–H groups in total. The Hall–Kier alpha value is -2.73. The summed E-state index contributed by atoms with van der Waals surface area (Å²) < 4.78 is 11.3. The molecular weight excluding hydrogens is 332 g/mol. The zero-order valence-electron chi connectivity index (χ0n) is 12.6. The summed E-state index contributed by atoms with van der Waals surface area (Å²) in [5, 5.41) is 5.36. The van der Waals surface area contributed by atoms with E-state index in [1.165, 1.54) is 0 Å². The predicted octanol–water partition coefficient (Wildman–Crippen LogP) is 2.62. The summed E-state index contributed by atoms with van der Waals surface area (Å²) in [5.74, 6) is 0.805. The molecule has 2 aromatic carbocycles. The van der Waals surface area contributed by atoms with Crippen LogP contribution in [-0.2, 0) is 0 Å². The van der Waals surface area contributed by atoms with Gasteiger partial charge in [-0.25, -0.2) is 4.79 Å². The van der Waals surface area contributed by atoms with Crippen molar-refractivity contribution in [3.8, 4) is 11.5 Å². The topological polar surface area (TPSA) is 76.7 Å². The van der Waals surface area contributed by atoms with Gasteiger partial charge in [0.05, 0.1) is 6.54 Å². The van der Waals surface area contributed by atoms with E-state index in [4.69, 9.17) is 21.1 Å². The number of benzene rings is 2. The molecule has 0 unspecified atom stereocenters. The maximum Gasteiger partial charge on any atom is 0.321 e. The summed E-state index contributed by atoms with van der Waals surface area (Å²) in [6, 6.07) is 13.0. The van der Waals surface area contributed by atoms with Gasteiger partial charge < -0.3 is 14.8 Å². The van der Waals surface area contributed by atoms with E-state index in [1.807, 2.05) is 18.2 Å². The molecule has 0 radical (unpaired) electrons. The normalized spacial score (nSPS) is 15.5. The first kappa shape index (κ1) is 16.1. The Morgan fingerprint density at radius 3 is 2.54 bits per heavy atom. The molecule has 24 heavy (non-hydrogen) atoms. The molecule has 0 fully saturated rings. The summed E-state index contributed by atoms with van der Waals surface area (Å²) in [7, 11) is 0. The summed E-state index contributed by atoms with van der Waals surface area (Å²) in [6.07, 6.45) is -0.323. The van der Waals surface area contributed by atoms with Gasteiger partial charge in [0.25, 0.3) is 5.91 Å². The van der Waals surface area contributed by atoms with Crippen LogP contribution in [-0.4, -0.2) is 31.2 Å². The van der Waals surface area contributed by atoms with Gasteiger partial charge in [0.2, 0.25) is 0 Å². The molecule has 1 atom stereocenters. The largest absolute Gasteiger partial charge is 0.486 e. The number of ether oxygens (including phenoxy) is 2. The van der Waals surface area contributed by atoms with E-state index in [9.17, 15) is 9.59 Å². The monoisotopic (exact) mass is 346 g/mol. The minimum absolute atomic E-state index is 0.216. The predicted molar refractivity (Wildman–Crippen MR) is 88.7 cm³/mol. The molecule has 0 aromatic heterocycles. The minimum atomic E-state index is -0.600. The van der Waals surface area contributed by atoms with Gasteiger partial charge in [0, 0.05) is 10.6 Å². The first-order valence-corrected chi connectivity index (χ1v) is 7.73. The standard InChI is InChI=1S/C17H15ClN2O4/c18-12-7-5-11(6-8-12)16(21)20-17(22)19-9-13-10-23-14-3-1-2-4-15(14)24-13/h1-8,13H,9-10H2,(H2,19,20,21,22)/t13-/m1/s1. The average Bonchev–Trinajstić information content (AvgIpc) is 2.60. The van der Waals surface area contributed by atoms with Gasteiger partial charge in [-0.15, -0.1) is 0 Å². The van der Waals surface area contributed by atoms with Gasteiger partial charge in [0.1, 0.15) is 6.61 Å². The van der Waals surface area contributed by atoms with Crippen LogP contribution in [0.4, 0.5) is 4.79 Å². The van der Waals surface area contributed by atoms with Crippen molar-refractivity contribution in [1.29, 1.82) is 0 Å². The van der Waals surface area contributed by atoms with Gasteiger partial charge >= 0.3 is 6.03 Å². The Morgan fingerprint density at radius 2 is 1.79 bits per heavy atom. The Morgan fingerprint density at radius 1 is 1.08 bits per heavy atom. The van der Waals surface area contributed by atoms with E-state index < -0.39 is 11.9 Å². The van der Waals surface area contributed by atoms with Crippen LogP contribution in [0.15, 0.2) is 48.5 Å². The number of urea groups is 1. The quantitative estimate of drug-likeness (QED) is 0.895. The van der Waals surface area contributed by atoms with Crippen LogP contribution < -0.4 is 20.1 Å². The SMILES string of the molecule is O=C(NC[C@@H]1COc2ccccc2O1)NC(=O)c1ccc(Cl)cc1. The van der Waals surface area contributed by atoms with Crippen LogP contribution in [0.1, 0.15) is 10.4 Å². The number of rotatable bonds is 3. The number of halogens is 1. The Kier molecular flexibility index (Phi) is 4.86. The van der Waals surface area contributed by atoms with Crippen molar-refractivity contribution in [1.82, 2.24) is 10.6 Å². The Bertz CT molecular complexity index is 749. The van der Waals surface area contributed by atoms with Crippen LogP contribution in [0.5, 0.6) is 11.5 Å². The smallest absolute Gasteiger partial charge is 0.321 e. The number of carbonyl (C=O) groups excluding carboxylic acids is 2. The van der Waals surface area contributed by atoms with Gasteiger partial charge in [0.15, 0.2) is 17.6 Å². The lowest BCUT2D eigenvalue weighted by Crippen LogP contribution is -2.46. The van der Waals surface area contributed by atoms with Crippen molar-refractivity contribution in [2.75, 3.05) is 13.2 Å². The molecule has 0 saturated heterocycles. The lowest BCUT2D eigenvalue weighted by molar-refractivity contribution is 0.0900. The lowest BCUT2D eigenvalue weighted by atomic mass is 10.2.